The standard InChI is InChI=1S/C12H15N5O/c1-8-5-11(13)10(7-14-8)12(18)15-6-9-3-4-16-17(9)2/h3-5,7H,6H2,1-2H3,(H2,13,14)(H,15,18). The van der Waals surface area contributed by atoms with E-state index >= 15 is 0 Å². The Balaban J connectivity index is 2.06. The number of nitrogen functional groups attached to an aromatic ring is 1. The summed E-state index contributed by atoms with van der Waals surface area (Å²) in [4.78, 5) is 16.0. The summed E-state index contributed by atoms with van der Waals surface area (Å²) < 4.78 is 1.71. The van der Waals surface area contributed by atoms with Crippen LogP contribution in [0.25, 0.3) is 0 Å². The number of hydrogen-bond acceptors (Lipinski definition) is 4. The molecule has 2 aromatic rings. The SMILES string of the molecule is Cc1cc(N)c(C(=O)NCc2ccnn2C)cn1. The number of aromatic nitrogens is 3. The van der Waals surface area contributed by atoms with Crippen molar-refractivity contribution in [2.75, 3.05) is 5.73 Å². The highest BCUT2D eigenvalue weighted by molar-refractivity contribution is 5.98. The lowest BCUT2D eigenvalue weighted by Gasteiger charge is -2.07. The predicted molar refractivity (Wildman–Crippen MR) is 67.8 cm³/mol. The summed E-state index contributed by atoms with van der Waals surface area (Å²) in [5.41, 5.74) is 8.32. The molecule has 0 spiro atoms. The summed E-state index contributed by atoms with van der Waals surface area (Å²) in [6.07, 6.45) is 3.17. The molecule has 0 saturated heterocycles. The molecule has 2 aromatic heterocycles. The number of rotatable bonds is 3. The average molecular weight is 245 g/mol. The largest absolute Gasteiger partial charge is 0.398 e. The highest BCUT2D eigenvalue weighted by Gasteiger charge is 2.10. The van der Waals surface area contributed by atoms with Crippen LogP contribution in [0.5, 0.6) is 0 Å². The number of nitrogens with two attached hydrogens (primary N) is 1. The lowest BCUT2D eigenvalue weighted by atomic mass is 10.2. The third kappa shape index (κ3) is 2.48. The van der Waals surface area contributed by atoms with Gasteiger partial charge in [-0.2, -0.15) is 5.10 Å². The Labute approximate surface area is 105 Å². The van der Waals surface area contributed by atoms with E-state index in [-0.39, 0.29) is 5.91 Å². The monoisotopic (exact) mass is 245 g/mol. The maximum Gasteiger partial charge on any atom is 0.255 e. The number of carbonyl (C=O) groups is 1. The van der Waals surface area contributed by atoms with Crippen LogP contribution < -0.4 is 11.1 Å². The van der Waals surface area contributed by atoms with Gasteiger partial charge in [-0.1, -0.05) is 0 Å². The number of amides is 1. The van der Waals surface area contributed by atoms with Crippen molar-refractivity contribution in [2.45, 2.75) is 13.5 Å². The van der Waals surface area contributed by atoms with Crippen molar-refractivity contribution < 1.29 is 4.79 Å². The highest BCUT2D eigenvalue weighted by Crippen LogP contribution is 2.11. The number of carbonyl (C=O) groups excluding carboxylic acids is 1. The van der Waals surface area contributed by atoms with Crippen molar-refractivity contribution >= 4 is 11.6 Å². The van der Waals surface area contributed by atoms with Crippen LogP contribution in [0.2, 0.25) is 0 Å². The van der Waals surface area contributed by atoms with E-state index in [1.807, 2.05) is 20.0 Å². The Kier molecular flexibility index (Phi) is 3.27. The lowest BCUT2D eigenvalue weighted by Crippen LogP contribution is -2.25. The van der Waals surface area contributed by atoms with E-state index in [2.05, 4.69) is 15.4 Å². The molecule has 6 heteroatoms. The smallest absolute Gasteiger partial charge is 0.255 e. The maximum absolute atomic E-state index is 11.9. The molecule has 0 saturated carbocycles. The number of anilines is 1. The lowest BCUT2D eigenvalue weighted by molar-refractivity contribution is 0.0950. The van der Waals surface area contributed by atoms with Crippen LogP contribution in [0.1, 0.15) is 21.7 Å². The van der Waals surface area contributed by atoms with Crippen molar-refractivity contribution in [3.63, 3.8) is 0 Å². The van der Waals surface area contributed by atoms with Crippen molar-refractivity contribution in [1.82, 2.24) is 20.1 Å². The molecule has 2 rings (SSSR count). The topological polar surface area (TPSA) is 85.8 Å². The maximum atomic E-state index is 11.9. The summed E-state index contributed by atoms with van der Waals surface area (Å²) >= 11 is 0. The second-order valence-electron chi connectivity index (χ2n) is 4.04. The van der Waals surface area contributed by atoms with E-state index in [1.165, 1.54) is 6.20 Å². The van der Waals surface area contributed by atoms with Crippen molar-refractivity contribution in [3.05, 3.63) is 41.5 Å². The number of hydrogen-bond donors (Lipinski definition) is 2. The summed E-state index contributed by atoms with van der Waals surface area (Å²) in [6, 6.07) is 3.52. The average Bonchev–Trinajstić information content (AvgIpc) is 2.72. The van der Waals surface area contributed by atoms with Crippen molar-refractivity contribution in [1.29, 1.82) is 0 Å². The van der Waals surface area contributed by atoms with Gasteiger partial charge in [0.2, 0.25) is 0 Å². The van der Waals surface area contributed by atoms with Crippen LogP contribution in [0.3, 0.4) is 0 Å². The van der Waals surface area contributed by atoms with Crippen molar-refractivity contribution in [3.8, 4) is 0 Å². The van der Waals surface area contributed by atoms with Gasteiger partial charge in [-0.05, 0) is 19.1 Å². The molecule has 0 aliphatic carbocycles. The van der Waals surface area contributed by atoms with Crippen LogP contribution in [-0.4, -0.2) is 20.7 Å². The molecule has 0 radical (unpaired) electrons. The quantitative estimate of drug-likeness (QED) is 0.830. The Morgan fingerprint density at radius 3 is 2.94 bits per heavy atom. The molecule has 0 fully saturated rings. The van der Waals surface area contributed by atoms with Gasteiger partial charge in [-0.3, -0.25) is 14.5 Å². The molecule has 6 nitrogen and oxygen atoms in total. The van der Waals surface area contributed by atoms with Gasteiger partial charge in [0, 0.05) is 30.8 Å². The predicted octanol–water partition coefficient (Wildman–Crippen LogP) is 0.636. The fraction of sp³-hybridized carbons (Fsp3) is 0.250. The van der Waals surface area contributed by atoms with E-state index in [9.17, 15) is 4.79 Å². The van der Waals surface area contributed by atoms with Gasteiger partial charge in [0.05, 0.1) is 17.8 Å². The summed E-state index contributed by atoms with van der Waals surface area (Å²) in [5, 5.41) is 6.81. The number of nitrogens with zero attached hydrogens (tertiary/aromatic N) is 3. The van der Waals surface area contributed by atoms with Crippen LogP contribution >= 0.6 is 0 Å². The number of pyridine rings is 1. The van der Waals surface area contributed by atoms with E-state index in [0.29, 0.717) is 17.8 Å². The van der Waals surface area contributed by atoms with Gasteiger partial charge in [-0.15, -0.1) is 0 Å². The zero-order valence-corrected chi connectivity index (χ0v) is 10.3. The van der Waals surface area contributed by atoms with Gasteiger partial charge in [0.1, 0.15) is 0 Å². The summed E-state index contributed by atoms with van der Waals surface area (Å²) in [7, 11) is 1.82. The van der Waals surface area contributed by atoms with Gasteiger partial charge in [0.25, 0.3) is 5.91 Å². The molecule has 3 N–H and O–H groups in total. The zero-order chi connectivity index (χ0) is 13.1. The molecule has 0 aliphatic rings. The number of nitrogens with one attached hydrogen (secondary N) is 1. The zero-order valence-electron chi connectivity index (χ0n) is 10.3. The fourth-order valence-electron chi connectivity index (χ4n) is 1.61. The molecule has 2 heterocycles. The van der Waals surface area contributed by atoms with Gasteiger partial charge >= 0.3 is 0 Å². The van der Waals surface area contributed by atoms with E-state index < -0.39 is 0 Å². The van der Waals surface area contributed by atoms with E-state index in [4.69, 9.17) is 5.73 Å². The minimum atomic E-state index is -0.235. The van der Waals surface area contributed by atoms with Crippen molar-refractivity contribution in [2.24, 2.45) is 7.05 Å². The minimum absolute atomic E-state index is 0.235. The van der Waals surface area contributed by atoms with E-state index in [0.717, 1.165) is 11.4 Å². The first kappa shape index (κ1) is 12.1. The first-order valence-electron chi connectivity index (χ1n) is 5.55. The van der Waals surface area contributed by atoms with Gasteiger partial charge in [-0.25, -0.2) is 0 Å². The molecule has 0 bridgehead atoms. The molecule has 1 amide bonds. The Hall–Kier alpha value is -2.37. The third-order valence-electron chi connectivity index (χ3n) is 2.67. The van der Waals surface area contributed by atoms with Crippen LogP contribution in [-0.2, 0) is 13.6 Å². The molecule has 0 unspecified atom stereocenters. The Bertz CT molecular complexity index is 576. The summed E-state index contributed by atoms with van der Waals surface area (Å²) in [5.74, 6) is -0.235. The third-order valence-corrected chi connectivity index (χ3v) is 2.67. The second kappa shape index (κ2) is 4.87. The van der Waals surface area contributed by atoms with Gasteiger partial charge < -0.3 is 11.1 Å². The molecule has 18 heavy (non-hydrogen) atoms. The normalized spacial score (nSPS) is 10.3. The molecular weight excluding hydrogens is 230 g/mol. The molecule has 0 atom stereocenters. The highest BCUT2D eigenvalue weighted by atomic mass is 16.1. The Morgan fingerprint density at radius 1 is 1.56 bits per heavy atom. The molecule has 0 aromatic carbocycles. The first-order chi connectivity index (χ1) is 8.58. The van der Waals surface area contributed by atoms with Crippen LogP contribution in [0.15, 0.2) is 24.5 Å². The van der Waals surface area contributed by atoms with Crippen LogP contribution in [0.4, 0.5) is 5.69 Å². The van der Waals surface area contributed by atoms with E-state index in [1.54, 1.807) is 16.9 Å². The molecule has 94 valence electrons. The second-order valence-corrected chi connectivity index (χ2v) is 4.04. The van der Waals surface area contributed by atoms with Gasteiger partial charge in [0.15, 0.2) is 0 Å². The molecular formula is C12H15N5O. The van der Waals surface area contributed by atoms with Crippen LogP contribution in [0, 0.1) is 6.92 Å². The molecule has 0 aliphatic heterocycles. The number of aryl methyl sites for hydroxylation is 2. The Morgan fingerprint density at radius 2 is 2.33 bits per heavy atom. The summed E-state index contributed by atoms with van der Waals surface area (Å²) in [6.45, 7) is 2.23. The minimum Gasteiger partial charge on any atom is -0.398 e. The first-order valence-corrected chi connectivity index (χ1v) is 5.55. The fourth-order valence-corrected chi connectivity index (χ4v) is 1.61.